The van der Waals surface area contributed by atoms with Gasteiger partial charge < -0.3 is 39.1 Å². The summed E-state index contributed by atoms with van der Waals surface area (Å²) in [6.45, 7) is 16.9. The molecule has 0 saturated carbocycles. The van der Waals surface area contributed by atoms with E-state index in [1.807, 2.05) is 0 Å². The summed E-state index contributed by atoms with van der Waals surface area (Å²) < 4.78 is 31.3. The molecule has 0 aliphatic heterocycles. The molecule has 0 aliphatic carbocycles. The Kier molecular flexibility index (Phi) is 16.7. The molecule has 0 aromatic heterocycles. The summed E-state index contributed by atoms with van der Waals surface area (Å²) in [4.78, 5) is 100. The van der Waals surface area contributed by atoms with Gasteiger partial charge in [0.2, 0.25) is 0 Å². The molecule has 2 rings (SSSR count). The third-order valence-corrected chi connectivity index (χ3v) is 8.09. The number of carbonyl (C=O) groups excluding carboxylic acids is 8. The molecule has 0 unspecified atom stereocenters. The summed E-state index contributed by atoms with van der Waals surface area (Å²) in [7, 11) is 0. The zero-order valence-corrected chi connectivity index (χ0v) is 35.3. The Labute approximate surface area is 339 Å². The highest BCUT2D eigenvalue weighted by atomic mass is 16.6. The van der Waals surface area contributed by atoms with Crippen molar-refractivity contribution in [3.8, 4) is 11.1 Å². The van der Waals surface area contributed by atoms with Gasteiger partial charge in [-0.05, 0) is 52.7 Å². The van der Waals surface area contributed by atoms with Crippen LogP contribution in [0.3, 0.4) is 0 Å². The molecule has 2 N–H and O–H groups in total. The molecule has 0 spiro atoms. The van der Waals surface area contributed by atoms with Gasteiger partial charge in [0.15, 0.2) is 24.8 Å². The standard InChI is InChI=1S/C42H56N2O14/c1-25(45)55-23-41(9,10)33(43-37(51)57-39(3,4)5)35(49)53-21-31(47)29-17-13-27(14-18-29)28-15-19-30(20-16-28)32(48)22-54-36(50)34(42(11,12)24-56-26(2)46)44-38(52)58-40(6,7)8/h13-20,33-34H,21-24H2,1-12H3,(H,43,51)(H,44,52)/t33-,34-/m1/s1. The topological polar surface area (TPSA) is 216 Å². The van der Waals surface area contributed by atoms with Crippen molar-refractivity contribution in [2.75, 3.05) is 26.4 Å². The molecule has 2 aromatic rings. The molecule has 2 aromatic carbocycles. The lowest BCUT2D eigenvalue weighted by Gasteiger charge is -2.33. The smallest absolute Gasteiger partial charge is 0.408 e. The van der Waals surface area contributed by atoms with E-state index in [0.717, 1.165) is 0 Å². The van der Waals surface area contributed by atoms with E-state index >= 15 is 0 Å². The average molecular weight is 813 g/mol. The fraction of sp³-hybridized carbons (Fsp3) is 0.524. The van der Waals surface area contributed by atoms with Crippen LogP contribution in [0.2, 0.25) is 0 Å². The third kappa shape index (κ3) is 16.4. The molecule has 0 heterocycles. The predicted octanol–water partition coefficient (Wildman–Crippen LogP) is 5.77. The number of esters is 4. The SMILES string of the molecule is CC(=O)OCC(C)(C)[C@H](NC(=O)OC(C)(C)C)C(=O)OCC(=O)c1ccc(-c2ccc(C(=O)COC(=O)[C@@H](NC(=O)OC(C)(C)C)C(C)(C)COC(C)=O)cc2)cc1. The second-order valence-electron chi connectivity index (χ2n) is 16.9. The van der Waals surface area contributed by atoms with Crippen molar-refractivity contribution in [3.63, 3.8) is 0 Å². The minimum atomic E-state index is -1.33. The van der Waals surface area contributed by atoms with Crippen molar-refractivity contribution in [2.24, 2.45) is 10.8 Å². The highest BCUT2D eigenvalue weighted by Gasteiger charge is 2.41. The quantitative estimate of drug-likeness (QED) is 0.110. The van der Waals surface area contributed by atoms with Gasteiger partial charge in [-0.15, -0.1) is 0 Å². The van der Waals surface area contributed by atoms with Crippen molar-refractivity contribution in [2.45, 2.75) is 106 Å². The summed E-state index contributed by atoms with van der Waals surface area (Å²) in [6, 6.07) is 10.1. The Morgan fingerprint density at radius 1 is 0.483 bits per heavy atom. The zero-order chi connectivity index (χ0) is 44.2. The summed E-state index contributed by atoms with van der Waals surface area (Å²) in [6.07, 6.45) is -1.80. The lowest BCUT2D eigenvalue weighted by atomic mass is 9.85. The fourth-order valence-corrected chi connectivity index (χ4v) is 5.04. The Balaban J connectivity index is 2.10. The van der Waals surface area contributed by atoms with Crippen LogP contribution >= 0.6 is 0 Å². The van der Waals surface area contributed by atoms with E-state index in [9.17, 15) is 38.4 Å². The van der Waals surface area contributed by atoms with E-state index in [4.69, 9.17) is 28.4 Å². The monoisotopic (exact) mass is 812 g/mol. The zero-order valence-electron chi connectivity index (χ0n) is 35.3. The van der Waals surface area contributed by atoms with Gasteiger partial charge in [0.25, 0.3) is 0 Å². The maximum absolute atomic E-state index is 13.2. The van der Waals surface area contributed by atoms with Crippen LogP contribution in [-0.2, 0) is 47.6 Å². The Morgan fingerprint density at radius 3 is 1.03 bits per heavy atom. The first kappa shape index (κ1) is 48.3. The molecule has 0 bridgehead atoms. The normalized spacial score (nSPS) is 12.8. The van der Waals surface area contributed by atoms with Crippen molar-refractivity contribution in [1.82, 2.24) is 10.6 Å². The van der Waals surface area contributed by atoms with Gasteiger partial charge >= 0.3 is 36.1 Å². The van der Waals surface area contributed by atoms with E-state index in [0.29, 0.717) is 11.1 Å². The van der Waals surface area contributed by atoms with Gasteiger partial charge in [0.05, 0.1) is 13.2 Å². The maximum Gasteiger partial charge on any atom is 0.408 e. The van der Waals surface area contributed by atoms with Crippen LogP contribution < -0.4 is 10.6 Å². The van der Waals surface area contributed by atoms with Crippen LogP contribution in [0.5, 0.6) is 0 Å². The van der Waals surface area contributed by atoms with Crippen molar-refractivity contribution >= 4 is 47.6 Å². The van der Waals surface area contributed by atoms with Gasteiger partial charge in [-0.25, -0.2) is 19.2 Å². The van der Waals surface area contributed by atoms with Crippen LogP contribution in [-0.4, -0.2) is 97.3 Å². The first-order valence-electron chi connectivity index (χ1n) is 18.5. The molecule has 318 valence electrons. The molecule has 0 radical (unpaired) electrons. The van der Waals surface area contributed by atoms with Crippen molar-refractivity contribution in [3.05, 3.63) is 59.7 Å². The third-order valence-electron chi connectivity index (χ3n) is 8.09. The van der Waals surface area contributed by atoms with Crippen LogP contribution in [0, 0.1) is 10.8 Å². The van der Waals surface area contributed by atoms with Gasteiger partial charge in [-0.3, -0.25) is 19.2 Å². The Bertz CT molecular complexity index is 1680. The molecule has 0 saturated heterocycles. The lowest BCUT2D eigenvalue weighted by Crippen LogP contribution is -2.54. The minimum absolute atomic E-state index is 0.232. The number of rotatable bonds is 17. The Morgan fingerprint density at radius 2 is 0.776 bits per heavy atom. The number of amides is 2. The summed E-state index contributed by atoms with van der Waals surface area (Å²) in [5, 5.41) is 4.93. The molecule has 2 amide bonds. The van der Waals surface area contributed by atoms with Gasteiger partial charge in [0, 0.05) is 35.8 Å². The number of hydrogen-bond acceptors (Lipinski definition) is 14. The molecule has 16 nitrogen and oxygen atoms in total. The average Bonchev–Trinajstić information content (AvgIpc) is 3.10. The molecular weight excluding hydrogens is 756 g/mol. The molecule has 2 atom stereocenters. The van der Waals surface area contributed by atoms with E-state index in [-0.39, 0.29) is 24.3 Å². The number of ketones is 2. The minimum Gasteiger partial charge on any atom is -0.465 e. The predicted molar refractivity (Wildman–Crippen MR) is 210 cm³/mol. The lowest BCUT2D eigenvalue weighted by molar-refractivity contribution is -0.154. The molecular formula is C42H56N2O14. The van der Waals surface area contributed by atoms with E-state index in [2.05, 4.69) is 10.6 Å². The first-order valence-corrected chi connectivity index (χ1v) is 18.5. The number of nitrogens with one attached hydrogen (secondary N) is 2. The maximum atomic E-state index is 13.2. The van der Waals surface area contributed by atoms with Gasteiger partial charge in [-0.1, -0.05) is 76.2 Å². The number of ether oxygens (including phenoxy) is 6. The van der Waals surface area contributed by atoms with Crippen LogP contribution in [0.1, 0.15) is 104 Å². The van der Waals surface area contributed by atoms with E-state index in [1.165, 1.54) is 38.1 Å². The van der Waals surface area contributed by atoms with Crippen molar-refractivity contribution < 1.29 is 66.8 Å². The largest absolute Gasteiger partial charge is 0.465 e. The molecule has 16 heteroatoms. The number of carbonyl (C=O) groups is 8. The molecule has 0 fully saturated rings. The highest BCUT2D eigenvalue weighted by molar-refractivity contribution is 6.00. The summed E-state index contributed by atoms with van der Waals surface area (Å²) in [5.74, 6) is -4.08. The first-order chi connectivity index (χ1) is 26.6. The van der Waals surface area contributed by atoms with E-state index in [1.54, 1.807) is 93.5 Å². The van der Waals surface area contributed by atoms with Gasteiger partial charge in [0.1, 0.15) is 23.3 Å². The fourth-order valence-electron chi connectivity index (χ4n) is 5.04. The van der Waals surface area contributed by atoms with Crippen LogP contribution in [0.15, 0.2) is 48.5 Å². The number of benzene rings is 2. The summed E-state index contributed by atoms with van der Waals surface area (Å²) in [5.41, 5.74) is -2.14. The van der Waals surface area contributed by atoms with Crippen molar-refractivity contribution in [1.29, 1.82) is 0 Å². The second kappa shape index (κ2) is 20.1. The van der Waals surface area contributed by atoms with Gasteiger partial charge in [-0.2, -0.15) is 0 Å². The molecule has 0 aliphatic rings. The second-order valence-corrected chi connectivity index (χ2v) is 16.9. The summed E-state index contributed by atoms with van der Waals surface area (Å²) >= 11 is 0. The number of Topliss-reactive ketones (excluding diaryl/α,β-unsaturated/α-hetero) is 2. The van der Waals surface area contributed by atoms with Crippen LogP contribution in [0.4, 0.5) is 9.59 Å². The Hall–Kier alpha value is -5.80. The van der Waals surface area contributed by atoms with E-state index < -0.39 is 95.0 Å². The number of hydrogen-bond donors (Lipinski definition) is 2. The highest BCUT2D eigenvalue weighted by Crippen LogP contribution is 2.26. The van der Waals surface area contributed by atoms with Crippen LogP contribution in [0.25, 0.3) is 11.1 Å². The molecule has 58 heavy (non-hydrogen) atoms. The number of alkyl carbamates (subject to hydrolysis) is 2.